The molecule has 104 valence electrons. The van der Waals surface area contributed by atoms with Crippen molar-refractivity contribution in [1.29, 1.82) is 0 Å². The van der Waals surface area contributed by atoms with E-state index in [1.54, 1.807) is 12.1 Å². The van der Waals surface area contributed by atoms with Gasteiger partial charge in [-0.15, -0.1) is 0 Å². The SMILES string of the molecule is CCCC[C@](C)(CC(=O)O)CC(=O)c1ccccc1. The molecule has 0 saturated heterocycles. The van der Waals surface area contributed by atoms with Gasteiger partial charge >= 0.3 is 5.97 Å². The summed E-state index contributed by atoms with van der Waals surface area (Å²) in [5, 5.41) is 9.02. The Hall–Kier alpha value is -1.64. The van der Waals surface area contributed by atoms with E-state index in [0.29, 0.717) is 12.0 Å². The Bertz CT molecular complexity index is 425. The van der Waals surface area contributed by atoms with Gasteiger partial charge in [-0.05, 0) is 11.8 Å². The summed E-state index contributed by atoms with van der Waals surface area (Å²) in [7, 11) is 0. The van der Waals surface area contributed by atoms with Gasteiger partial charge in [0.1, 0.15) is 0 Å². The maximum absolute atomic E-state index is 12.2. The third-order valence-corrected chi connectivity index (χ3v) is 3.39. The van der Waals surface area contributed by atoms with E-state index in [0.717, 1.165) is 19.3 Å². The summed E-state index contributed by atoms with van der Waals surface area (Å²) >= 11 is 0. The lowest BCUT2D eigenvalue weighted by molar-refractivity contribution is -0.139. The molecule has 1 atom stereocenters. The monoisotopic (exact) mass is 262 g/mol. The van der Waals surface area contributed by atoms with Gasteiger partial charge in [-0.3, -0.25) is 9.59 Å². The van der Waals surface area contributed by atoms with Gasteiger partial charge in [0.15, 0.2) is 5.78 Å². The number of rotatable bonds is 8. The summed E-state index contributed by atoms with van der Waals surface area (Å²) in [6, 6.07) is 9.08. The molecule has 0 saturated carbocycles. The van der Waals surface area contributed by atoms with Crippen molar-refractivity contribution in [3.8, 4) is 0 Å². The standard InChI is InChI=1S/C16H22O3/c1-3-4-10-16(2,12-15(18)19)11-14(17)13-8-6-5-7-9-13/h5-9H,3-4,10-12H2,1-2H3,(H,18,19)/t16-/m0/s1. The Labute approximate surface area is 114 Å². The van der Waals surface area contributed by atoms with Crippen LogP contribution in [0.3, 0.4) is 0 Å². The first-order chi connectivity index (χ1) is 8.97. The topological polar surface area (TPSA) is 54.4 Å². The normalized spacial score (nSPS) is 13.8. The zero-order chi connectivity index (χ0) is 14.3. The number of hydrogen-bond donors (Lipinski definition) is 1. The van der Waals surface area contributed by atoms with Gasteiger partial charge in [0.2, 0.25) is 0 Å². The molecule has 3 heteroatoms. The predicted octanol–water partition coefficient (Wildman–Crippen LogP) is 3.93. The second-order valence-corrected chi connectivity index (χ2v) is 5.45. The Morgan fingerprint density at radius 3 is 2.32 bits per heavy atom. The first-order valence-corrected chi connectivity index (χ1v) is 6.77. The lowest BCUT2D eigenvalue weighted by Crippen LogP contribution is -2.24. The second kappa shape index (κ2) is 7.07. The molecule has 0 fully saturated rings. The number of ketones is 1. The average molecular weight is 262 g/mol. The van der Waals surface area contributed by atoms with Crippen LogP contribution in [0.15, 0.2) is 30.3 Å². The summed E-state index contributed by atoms with van der Waals surface area (Å²) in [5.41, 5.74) is 0.213. The third kappa shape index (κ3) is 5.25. The van der Waals surface area contributed by atoms with Crippen molar-refractivity contribution < 1.29 is 14.7 Å². The van der Waals surface area contributed by atoms with Crippen LogP contribution in [0.25, 0.3) is 0 Å². The van der Waals surface area contributed by atoms with Gasteiger partial charge in [-0.1, -0.05) is 57.0 Å². The molecule has 0 bridgehead atoms. The second-order valence-electron chi connectivity index (χ2n) is 5.45. The van der Waals surface area contributed by atoms with Crippen molar-refractivity contribution in [2.45, 2.75) is 46.0 Å². The average Bonchev–Trinajstić information content (AvgIpc) is 2.36. The Morgan fingerprint density at radius 2 is 1.79 bits per heavy atom. The molecule has 1 aromatic rings. The molecular weight excluding hydrogens is 240 g/mol. The molecule has 1 rings (SSSR count). The van der Waals surface area contributed by atoms with Gasteiger partial charge in [-0.2, -0.15) is 0 Å². The van der Waals surface area contributed by atoms with Crippen LogP contribution in [0.1, 0.15) is 56.3 Å². The molecule has 0 amide bonds. The molecule has 0 heterocycles. The fourth-order valence-electron chi connectivity index (χ4n) is 2.32. The number of Topliss-reactive ketones (excluding diaryl/α,β-unsaturated/α-hetero) is 1. The Balaban J connectivity index is 2.76. The van der Waals surface area contributed by atoms with Crippen molar-refractivity contribution in [2.75, 3.05) is 0 Å². The quantitative estimate of drug-likeness (QED) is 0.722. The molecule has 0 aliphatic rings. The molecule has 19 heavy (non-hydrogen) atoms. The highest BCUT2D eigenvalue weighted by molar-refractivity contribution is 5.96. The van der Waals surface area contributed by atoms with Crippen LogP contribution in [-0.2, 0) is 4.79 Å². The van der Waals surface area contributed by atoms with Crippen molar-refractivity contribution in [3.05, 3.63) is 35.9 Å². The first-order valence-electron chi connectivity index (χ1n) is 6.77. The van der Waals surface area contributed by atoms with Gasteiger partial charge < -0.3 is 5.11 Å². The van der Waals surface area contributed by atoms with E-state index >= 15 is 0 Å². The maximum Gasteiger partial charge on any atom is 0.303 e. The van der Waals surface area contributed by atoms with Gasteiger partial charge in [0.25, 0.3) is 0 Å². The van der Waals surface area contributed by atoms with Crippen molar-refractivity contribution in [2.24, 2.45) is 5.41 Å². The third-order valence-electron chi connectivity index (χ3n) is 3.39. The zero-order valence-electron chi connectivity index (χ0n) is 11.7. The van der Waals surface area contributed by atoms with Crippen LogP contribution in [0, 0.1) is 5.41 Å². The number of carboxylic acid groups (broad SMARTS) is 1. The minimum atomic E-state index is -0.834. The largest absolute Gasteiger partial charge is 0.481 e. The lowest BCUT2D eigenvalue weighted by atomic mass is 9.76. The van der Waals surface area contributed by atoms with Crippen LogP contribution in [0.5, 0.6) is 0 Å². The summed E-state index contributed by atoms with van der Waals surface area (Å²) in [6.07, 6.45) is 3.07. The van der Waals surface area contributed by atoms with E-state index in [1.165, 1.54) is 0 Å². The molecular formula is C16H22O3. The van der Waals surface area contributed by atoms with Crippen LogP contribution in [0.4, 0.5) is 0 Å². The van der Waals surface area contributed by atoms with Gasteiger partial charge in [-0.25, -0.2) is 0 Å². The van der Waals surface area contributed by atoms with E-state index in [9.17, 15) is 9.59 Å². The molecule has 3 nitrogen and oxygen atoms in total. The summed E-state index contributed by atoms with van der Waals surface area (Å²) in [5.74, 6) is -0.806. The Kier molecular flexibility index (Phi) is 5.74. The van der Waals surface area contributed by atoms with Crippen LogP contribution >= 0.6 is 0 Å². The van der Waals surface area contributed by atoms with Crippen molar-refractivity contribution in [1.82, 2.24) is 0 Å². The number of carbonyl (C=O) groups excluding carboxylic acids is 1. The Morgan fingerprint density at radius 1 is 1.16 bits per heavy atom. The highest BCUT2D eigenvalue weighted by Gasteiger charge is 2.30. The minimum absolute atomic E-state index is 0.0282. The number of unbranched alkanes of at least 4 members (excludes halogenated alkanes) is 1. The van der Waals surface area contributed by atoms with Crippen molar-refractivity contribution in [3.63, 3.8) is 0 Å². The molecule has 0 unspecified atom stereocenters. The summed E-state index contributed by atoms with van der Waals surface area (Å²) in [4.78, 5) is 23.2. The number of carbonyl (C=O) groups is 2. The van der Waals surface area contributed by atoms with Crippen LogP contribution in [-0.4, -0.2) is 16.9 Å². The van der Waals surface area contributed by atoms with Gasteiger partial charge in [0, 0.05) is 12.0 Å². The highest BCUT2D eigenvalue weighted by Crippen LogP contribution is 2.33. The van der Waals surface area contributed by atoms with E-state index < -0.39 is 11.4 Å². The molecule has 0 radical (unpaired) electrons. The predicted molar refractivity (Wildman–Crippen MR) is 75.3 cm³/mol. The van der Waals surface area contributed by atoms with Crippen molar-refractivity contribution >= 4 is 11.8 Å². The van der Waals surface area contributed by atoms with E-state index in [-0.39, 0.29) is 12.2 Å². The number of aliphatic carboxylic acids is 1. The fourth-order valence-corrected chi connectivity index (χ4v) is 2.32. The minimum Gasteiger partial charge on any atom is -0.481 e. The number of benzene rings is 1. The molecule has 1 aromatic carbocycles. The molecule has 0 aromatic heterocycles. The zero-order valence-corrected chi connectivity index (χ0v) is 11.7. The van der Waals surface area contributed by atoms with E-state index in [1.807, 2.05) is 25.1 Å². The molecule has 1 N–H and O–H groups in total. The maximum atomic E-state index is 12.2. The summed E-state index contributed by atoms with van der Waals surface area (Å²) < 4.78 is 0. The fraction of sp³-hybridized carbons (Fsp3) is 0.500. The first kappa shape index (κ1) is 15.4. The molecule has 0 aliphatic carbocycles. The smallest absolute Gasteiger partial charge is 0.303 e. The van der Waals surface area contributed by atoms with Crippen LogP contribution < -0.4 is 0 Å². The van der Waals surface area contributed by atoms with Gasteiger partial charge in [0.05, 0.1) is 6.42 Å². The van der Waals surface area contributed by atoms with Crippen LogP contribution in [0.2, 0.25) is 0 Å². The number of carboxylic acids is 1. The molecule has 0 aliphatic heterocycles. The lowest BCUT2D eigenvalue weighted by Gasteiger charge is -2.27. The summed E-state index contributed by atoms with van der Waals surface area (Å²) in [6.45, 7) is 3.97. The number of hydrogen-bond acceptors (Lipinski definition) is 2. The van der Waals surface area contributed by atoms with E-state index in [2.05, 4.69) is 6.92 Å². The highest BCUT2D eigenvalue weighted by atomic mass is 16.4. The van der Waals surface area contributed by atoms with E-state index in [4.69, 9.17) is 5.11 Å². The molecule has 0 spiro atoms.